The Morgan fingerprint density at radius 1 is 0.895 bits per heavy atom. The van der Waals surface area contributed by atoms with Gasteiger partial charge in [0.15, 0.2) is 11.3 Å². The highest BCUT2D eigenvalue weighted by Gasteiger charge is 2.29. The van der Waals surface area contributed by atoms with Crippen LogP contribution in [0, 0.1) is 0 Å². The summed E-state index contributed by atoms with van der Waals surface area (Å²) in [6, 6.07) is 22.1. The van der Waals surface area contributed by atoms with Crippen LogP contribution in [0.3, 0.4) is 0 Å². The lowest BCUT2D eigenvalue weighted by molar-refractivity contribution is 0.413. The maximum atomic E-state index is 14.2. The van der Waals surface area contributed by atoms with Gasteiger partial charge in [-0.2, -0.15) is 0 Å². The fraction of sp³-hybridized carbons (Fsp3) is 0.133. The van der Waals surface area contributed by atoms with Gasteiger partial charge >= 0.3 is 5.63 Å². The zero-order chi connectivity index (χ0) is 26.4. The SMILES string of the molecule is COc1ccc(-n2c3c(c4oc(=O)c(Sc5cccc(OC)c5)c(O)c4c2=O)CCc2ccccc2-3)cc1. The maximum Gasteiger partial charge on any atom is 0.354 e. The van der Waals surface area contributed by atoms with Crippen molar-refractivity contribution in [3.05, 3.63) is 105 Å². The smallest absolute Gasteiger partial charge is 0.354 e. The molecule has 0 unspecified atom stereocenters. The molecule has 0 saturated carbocycles. The molecule has 0 bridgehead atoms. The Labute approximate surface area is 221 Å². The van der Waals surface area contributed by atoms with Crippen LogP contribution in [0.5, 0.6) is 17.2 Å². The van der Waals surface area contributed by atoms with Crippen LogP contribution in [0.15, 0.2) is 96.6 Å². The molecule has 6 rings (SSSR count). The number of benzene rings is 3. The number of hydrogen-bond acceptors (Lipinski definition) is 7. The van der Waals surface area contributed by atoms with E-state index in [0.717, 1.165) is 22.9 Å². The Morgan fingerprint density at radius 2 is 1.66 bits per heavy atom. The van der Waals surface area contributed by atoms with Gasteiger partial charge in [-0.05, 0) is 60.9 Å². The van der Waals surface area contributed by atoms with Gasteiger partial charge in [0, 0.05) is 21.7 Å². The standard InChI is InChI=1S/C30H23NO6S/c1-35-19-13-11-18(12-14-19)31-25-22-9-4-3-6-17(22)10-15-23(25)27-24(29(31)33)26(32)28(30(34)37-27)38-21-8-5-7-20(16-21)36-2/h3-9,11-14,16,32H,10,15H2,1-2H3. The lowest BCUT2D eigenvalue weighted by atomic mass is 9.87. The van der Waals surface area contributed by atoms with Gasteiger partial charge in [0.2, 0.25) is 0 Å². The van der Waals surface area contributed by atoms with E-state index in [2.05, 4.69) is 0 Å². The number of aromatic hydroxyl groups is 1. The molecule has 0 aliphatic heterocycles. The van der Waals surface area contributed by atoms with E-state index in [4.69, 9.17) is 13.9 Å². The van der Waals surface area contributed by atoms with Crippen molar-refractivity contribution < 1.29 is 19.0 Å². The van der Waals surface area contributed by atoms with Crippen LogP contribution in [-0.4, -0.2) is 23.9 Å². The fourth-order valence-electron chi connectivity index (χ4n) is 4.97. The highest BCUT2D eigenvalue weighted by molar-refractivity contribution is 7.99. The third-order valence-corrected chi connectivity index (χ3v) is 7.82. The van der Waals surface area contributed by atoms with Crippen molar-refractivity contribution in [1.29, 1.82) is 0 Å². The van der Waals surface area contributed by atoms with Crippen molar-refractivity contribution in [2.45, 2.75) is 22.6 Å². The molecular formula is C30H23NO6S. The molecule has 0 saturated heterocycles. The molecule has 2 heterocycles. The summed E-state index contributed by atoms with van der Waals surface area (Å²) in [5.41, 5.74) is 2.91. The molecule has 0 atom stereocenters. The average molecular weight is 526 g/mol. The first-order chi connectivity index (χ1) is 18.5. The van der Waals surface area contributed by atoms with Gasteiger partial charge in [0.1, 0.15) is 21.8 Å². The van der Waals surface area contributed by atoms with Crippen LogP contribution >= 0.6 is 11.8 Å². The predicted molar refractivity (Wildman–Crippen MR) is 146 cm³/mol. The van der Waals surface area contributed by atoms with Crippen molar-refractivity contribution in [1.82, 2.24) is 4.57 Å². The van der Waals surface area contributed by atoms with Crippen molar-refractivity contribution in [3.8, 4) is 34.2 Å². The molecule has 1 N–H and O–H groups in total. The highest BCUT2D eigenvalue weighted by atomic mass is 32.2. The second-order valence-electron chi connectivity index (χ2n) is 8.88. The second-order valence-corrected chi connectivity index (χ2v) is 9.96. The maximum absolute atomic E-state index is 14.2. The Balaban J connectivity index is 1.67. The van der Waals surface area contributed by atoms with Gasteiger partial charge in [0.05, 0.1) is 19.9 Å². The minimum absolute atomic E-state index is 0.0241. The Kier molecular flexibility index (Phi) is 5.96. The number of aromatic nitrogens is 1. The van der Waals surface area contributed by atoms with Crippen molar-refractivity contribution >= 4 is 22.7 Å². The van der Waals surface area contributed by atoms with Gasteiger partial charge in [-0.1, -0.05) is 42.1 Å². The lowest BCUT2D eigenvalue weighted by Gasteiger charge is -2.25. The van der Waals surface area contributed by atoms with Crippen LogP contribution in [0.2, 0.25) is 0 Å². The molecule has 7 nitrogen and oxygen atoms in total. The molecule has 0 fully saturated rings. The quantitative estimate of drug-likeness (QED) is 0.320. The molecule has 5 aromatic rings. The summed E-state index contributed by atoms with van der Waals surface area (Å²) in [4.78, 5) is 28.0. The topological polar surface area (TPSA) is 90.9 Å². The summed E-state index contributed by atoms with van der Waals surface area (Å²) < 4.78 is 18.0. The van der Waals surface area contributed by atoms with Crippen LogP contribution in [0.25, 0.3) is 27.9 Å². The summed E-state index contributed by atoms with van der Waals surface area (Å²) in [5, 5.41) is 11.4. The van der Waals surface area contributed by atoms with Gasteiger partial charge in [0.25, 0.3) is 5.56 Å². The van der Waals surface area contributed by atoms with Crippen molar-refractivity contribution in [2.75, 3.05) is 14.2 Å². The van der Waals surface area contributed by atoms with Crippen LogP contribution in [-0.2, 0) is 12.8 Å². The molecule has 8 heteroatoms. The predicted octanol–water partition coefficient (Wildman–Crippen LogP) is 5.58. The van der Waals surface area contributed by atoms with Gasteiger partial charge < -0.3 is 19.0 Å². The zero-order valence-electron chi connectivity index (χ0n) is 20.7. The number of ether oxygens (including phenoxy) is 2. The number of hydrogen-bond donors (Lipinski definition) is 1. The zero-order valence-corrected chi connectivity index (χ0v) is 21.5. The minimum Gasteiger partial charge on any atom is -0.505 e. The number of methoxy groups -OCH3 is 2. The van der Waals surface area contributed by atoms with Crippen LogP contribution in [0.1, 0.15) is 11.1 Å². The Bertz CT molecular complexity index is 1820. The van der Waals surface area contributed by atoms with E-state index >= 15 is 0 Å². The number of fused-ring (bicyclic) bond motifs is 5. The van der Waals surface area contributed by atoms with Crippen molar-refractivity contribution in [3.63, 3.8) is 0 Å². The summed E-state index contributed by atoms with van der Waals surface area (Å²) in [6.07, 6.45) is 1.26. The fourth-order valence-corrected chi connectivity index (χ4v) is 5.85. The third-order valence-electron chi connectivity index (χ3n) is 6.77. The van der Waals surface area contributed by atoms with E-state index in [1.807, 2.05) is 24.3 Å². The van der Waals surface area contributed by atoms with Crippen LogP contribution in [0.4, 0.5) is 0 Å². The molecule has 190 valence electrons. The van der Waals surface area contributed by atoms with E-state index in [9.17, 15) is 14.7 Å². The summed E-state index contributed by atoms with van der Waals surface area (Å²) >= 11 is 1.03. The van der Waals surface area contributed by atoms with Crippen molar-refractivity contribution in [2.24, 2.45) is 0 Å². The first-order valence-electron chi connectivity index (χ1n) is 12.0. The highest BCUT2D eigenvalue weighted by Crippen LogP contribution is 2.42. The van der Waals surface area contributed by atoms with E-state index < -0.39 is 16.9 Å². The van der Waals surface area contributed by atoms with Gasteiger partial charge in [-0.3, -0.25) is 9.36 Å². The van der Waals surface area contributed by atoms with Crippen LogP contribution < -0.4 is 20.7 Å². The number of nitrogens with zero attached hydrogens (tertiary/aromatic N) is 1. The summed E-state index contributed by atoms with van der Waals surface area (Å²) in [6.45, 7) is 0. The molecule has 2 aromatic heterocycles. The monoisotopic (exact) mass is 525 g/mol. The average Bonchev–Trinajstić information content (AvgIpc) is 2.95. The molecule has 1 aliphatic rings. The lowest BCUT2D eigenvalue weighted by Crippen LogP contribution is -2.25. The van der Waals surface area contributed by atoms with E-state index in [0.29, 0.717) is 46.2 Å². The first kappa shape index (κ1) is 23.9. The van der Waals surface area contributed by atoms with E-state index in [1.54, 1.807) is 67.3 Å². The van der Waals surface area contributed by atoms with Gasteiger partial charge in [-0.25, -0.2) is 4.79 Å². The van der Waals surface area contributed by atoms with E-state index in [1.165, 1.54) is 0 Å². The number of rotatable bonds is 5. The second kappa shape index (κ2) is 9.46. The third kappa shape index (κ3) is 3.85. The molecule has 1 aliphatic carbocycles. The number of pyridine rings is 1. The minimum atomic E-state index is -0.703. The number of aryl methyl sites for hydroxylation is 2. The molecule has 38 heavy (non-hydrogen) atoms. The first-order valence-corrected chi connectivity index (χ1v) is 12.8. The largest absolute Gasteiger partial charge is 0.505 e. The normalized spacial score (nSPS) is 12.2. The summed E-state index contributed by atoms with van der Waals surface area (Å²) in [5.74, 6) is 0.870. The van der Waals surface area contributed by atoms with E-state index in [-0.39, 0.29) is 15.9 Å². The Morgan fingerprint density at radius 3 is 2.42 bits per heavy atom. The van der Waals surface area contributed by atoms with Gasteiger partial charge in [-0.15, -0.1) is 0 Å². The molecule has 0 amide bonds. The molecular weight excluding hydrogens is 502 g/mol. The Hall–Kier alpha value is -4.43. The summed E-state index contributed by atoms with van der Waals surface area (Å²) in [7, 11) is 3.13. The molecule has 0 radical (unpaired) electrons. The molecule has 3 aromatic carbocycles. The molecule has 0 spiro atoms.